The van der Waals surface area contributed by atoms with Gasteiger partial charge in [0.15, 0.2) is 0 Å². The van der Waals surface area contributed by atoms with Gasteiger partial charge in [0.1, 0.15) is 0 Å². The standard InChI is InChI=1S/C15H22N4O/c1-4-14-12(5-9(2)17-18-14)15(20)19-8-11-6-16-7-13(11)10(19)3/h5,10-11,13,16H,4,6-8H2,1-3H3. The minimum absolute atomic E-state index is 0.127. The quantitative estimate of drug-likeness (QED) is 0.875. The van der Waals surface area contributed by atoms with E-state index in [4.69, 9.17) is 0 Å². The highest BCUT2D eigenvalue weighted by Crippen LogP contribution is 2.33. The smallest absolute Gasteiger partial charge is 0.256 e. The Kier molecular flexibility index (Phi) is 3.46. The number of carbonyl (C=O) groups is 1. The Labute approximate surface area is 119 Å². The molecule has 3 atom stereocenters. The van der Waals surface area contributed by atoms with Crippen molar-refractivity contribution in [2.75, 3.05) is 19.6 Å². The van der Waals surface area contributed by atoms with Crippen LogP contribution < -0.4 is 5.32 Å². The maximum Gasteiger partial charge on any atom is 0.256 e. The van der Waals surface area contributed by atoms with E-state index >= 15 is 0 Å². The fourth-order valence-corrected chi connectivity index (χ4v) is 3.55. The summed E-state index contributed by atoms with van der Waals surface area (Å²) in [4.78, 5) is 14.9. The number of nitrogens with one attached hydrogen (secondary N) is 1. The Morgan fingerprint density at radius 3 is 2.95 bits per heavy atom. The molecule has 3 unspecified atom stereocenters. The highest BCUT2D eigenvalue weighted by Gasteiger charge is 2.44. The molecule has 0 aromatic carbocycles. The van der Waals surface area contributed by atoms with Crippen LogP contribution in [0.3, 0.4) is 0 Å². The fourth-order valence-electron chi connectivity index (χ4n) is 3.55. The van der Waals surface area contributed by atoms with E-state index < -0.39 is 0 Å². The third-order valence-electron chi connectivity index (χ3n) is 4.75. The molecule has 0 saturated carbocycles. The second kappa shape index (κ2) is 5.13. The van der Waals surface area contributed by atoms with Gasteiger partial charge < -0.3 is 10.2 Å². The first kappa shape index (κ1) is 13.5. The molecule has 1 amide bonds. The molecule has 20 heavy (non-hydrogen) atoms. The number of amides is 1. The second-order valence-electron chi connectivity index (χ2n) is 5.98. The molecule has 0 aliphatic carbocycles. The molecule has 5 nitrogen and oxygen atoms in total. The van der Waals surface area contributed by atoms with E-state index in [1.807, 2.05) is 24.8 Å². The van der Waals surface area contributed by atoms with E-state index in [2.05, 4.69) is 22.4 Å². The normalized spacial score (nSPS) is 28.8. The Balaban J connectivity index is 1.88. The third kappa shape index (κ3) is 2.10. The SMILES string of the molecule is CCc1nnc(C)cc1C(=O)N1CC2CNCC2C1C. The topological polar surface area (TPSA) is 58.1 Å². The third-order valence-corrected chi connectivity index (χ3v) is 4.75. The van der Waals surface area contributed by atoms with Crippen LogP contribution in [0.25, 0.3) is 0 Å². The number of fused-ring (bicyclic) bond motifs is 1. The van der Waals surface area contributed by atoms with Crippen LogP contribution in [0.5, 0.6) is 0 Å². The molecule has 1 aromatic rings. The van der Waals surface area contributed by atoms with Gasteiger partial charge in [-0.05, 0) is 38.2 Å². The zero-order chi connectivity index (χ0) is 14.3. The van der Waals surface area contributed by atoms with Gasteiger partial charge in [-0.2, -0.15) is 10.2 Å². The van der Waals surface area contributed by atoms with Gasteiger partial charge in [-0.1, -0.05) is 6.92 Å². The van der Waals surface area contributed by atoms with Crippen molar-refractivity contribution in [2.45, 2.75) is 33.2 Å². The fraction of sp³-hybridized carbons (Fsp3) is 0.667. The van der Waals surface area contributed by atoms with Crippen molar-refractivity contribution in [1.29, 1.82) is 0 Å². The Hall–Kier alpha value is -1.49. The van der Waals surface area contributed by atoms with Crippen molar-refractivity contribution < 1.29 is 4.79 Å². The number of hydrogen-bond acceptors (Lipinski definition) is 4. The van der Waals surface area contributed by atoms with Crippen LogP contribution in [-0.4, -0.2) is 46.7 Å². The molecule has 2 saturated heterocycles. The minimum atomic E-state index is 0.127. The number of likely N-dealkylation sites (tertiary alicyclic amines) is 1. The molecule has 2 fully saturated rings. The molecule has 5 heteroatoms. The molecular formula is C15H22N4O. The van der Waals surface area contributed by atoms with Gasteiger partial charge in [0, 0.05) is 25.7 Å². The summed E-state index contributed by atoms with van der Waals surface area (Å²) in [5, 5.41) is 11.7. The van der Waals surface area contributed by atoms with Gasteiger partial charge in [-0.3, -0.25) is 4.79 Å². The van der Waals surface area contributed by atoms with Crippen LogP contribution in [-0.2, 0) is 6.42 Å². The first-order valence-electron chi connectivity index (χ1n) is 7.46. The lowest BCUT2D eigenvalue weighted by atomic mass is 9.95. The second-order valence-corrected chi connectivity index (χ2v) is 5.98. The van der Waals surface area contributed by atoms with Crippen LogP contribution in [0.1, 0.15) is 35.6 Å². The lowest BCUT2D eigenvalue weighted by Crippen LogP contribution is -2.38. The lowest BCUT2D eigenvalue weighted by Gasteiger charge is -2.25. The summed E-state index contributed by atoms with van der Waals surface area (Å²) in [7, 11) is 0. The van der Waals surface area contributed by atoms with E-state index in [1.54, 1.807) is 0 Å². The van der Waals surface area contributed by atoms with Crippen LogP contribution >= 0.6 is 0 Å². The minimum Gasteiger partial charge on any atom is -0.335 e. The first-order valence-corrected chi connectivity index (χ1v) is 7.46. The van der Waals surface area contributed by atoms with Gasteiger partial charge in [-0.15, -0.1) is 0 Å². The number of aromatic nitrogens is 2. The van der Waals surface area contributed by atoms with E-state index in [9.17, 15) is 4.79 Å². The molecule has 0 spiro atoms. The van der Waals surface area contributed by atoms with Crippen molar-refractivity contribution in [3.8, 4) is 0 Å². The molecule has 2 aliphatic rings. The predicted octanol–water partition coefficient (Wildman–Crippen LogP) is 1.03. The summed E-state index contributed by atoms with van der Waals surface area (Å²) in [5.41, 5.74) is 2.35. The van der Waals surface area contributed by atoms with E-state index in [1.165, 1.54) is 0 Å². The summed E-state index contributed by atoms with van der Waals surface area (Å²) < 4.78 is 0. The van der Waals surface area contributed by atoms with Crippen LogP contribution in [0.15, 0.2) is 6.07 Å². The summed E-state index contributed by atoms with van der Waals surface area (Å²) >= 11 is 0. The van der Waals surface area contributed by atoms with Gasteiger partial charge >= 0.3 is 0 Å². The number of carbonyl (C=O) groups excluding carboxylic acids is 1. The molecule has 0 radical (unpaired) electrons. The zero-order valence-electron chi connectivity index (χ0n) is 12.4. The number of nitrogens with zero attached hydrogens (tertiary/aromatic N) is 3. The maximum atomic E-state index is 12.9. The summed E-state index contributed by atoms with van der Waals surface area (Å²) in [5.74, 6) is 1.33. The molecule has 0 bridgehead atoms. The molecule has 3 heterocycles. The van der Waals surface area contributed by atoms with Crippen LogP contribution in [0.2, 0.25) is 0 Å². The molecular weight excluding hydrogens is 252 g/mol. The zero-order valence-corrected chi connectivity index (χ0v) is 12.4. The summed E-state index contributed by atoms with van der Waals surface area (Å²) in [6.07, 6.45) is 0.741. The highest BCUT2D eigenvalue weighted by atomic mass is 16.2. The number of hydrogen-bond donors (Lipinski definition) is 1. The van der Waals surface area contributed by atoms with E-state index in [0.29, 0.717) is 17.9 Å². The predicted molar refractivity (Wildman–Crippen MR) is 76.5 cm³/mol. The number of aryl methyl sites for hydroxylation is 2. The molecule has 108 valence electrons. The van der Waals surface area contributed by atoms with Crippen molar-refractivity contribution in [1.82, 2.24) is 20.4 Å². The van der Waals surface area contributed by atoms with Gasteiger partial charge in [-0.25, -0.2) is 0 Å². The Morgan fingerprint density at radius 2 is 2.25 bits per heavy atom. The monoisotopic (exact) mass is 274 g/mol. The van der Waals surface area contributed by atoms with Crippen molar-refractivity contribution in [3.63, 3.8) is 0 Å². The average Bonchev–Trinajstić information content (AvgIpc) is 3.01. The lowest BCUT2D eigenvalue weighted by molar-refractivity contribution is 0.0726. The van der Waals surface area contributed by atoms with Gasteiger partial charge in [0.05, 0.1) is 17.0 Å². The average molecular weight is 274 g/mol. The highest BCUT2D eigenvalue weighted by molar-refractivity contribution is 5.95. The van der Waals surface area contributed by atoms with Crippen LogP contribution in [0.4, 0.5) is 0 Å². The van der Waals surface area contributed by atoms with E-state index in [0.717, 1.165) is 43.0 Å². The Bertz CT molecular complexity index is 531. The summed E-state index contributed by atoms with van der Waals surface area (Å²) in [6, 6.07) is 2.19. The van der Waals surface area contributed by atoms with Crippen molar-refractivity contribution in [2.24, 2.45) is 11.8 Å². The van der Waals surface area contributed by atoms with E-state index in [-0.39, 0.29) is 5.91 Å². The molecule has 1 N–H and O–H groups in total. The van der Waals surface area contributed by atoms with Gasteiger partial charge in [0.25, 0.3) is 5.91 Å². The molecule has 2 aliphatic heterocycles. The molecule has 3 rings (SSSR count). The molecule has 1 aromatic heterocycles. The largest absolute Gasteiger partial charge is 0.335 e. The van der Waals surface area contributed by atoms with Crippen LogP contribution in [0, 0.1) is 18.8 Å². The maximum absolute atomic E-state index is 12.9. The Morgan fingerprint density at radius 1 is 1.45 bits per heavy atom. The summed E-state index contributed by atoms with van der Waals surface area (Å²) in [6.45, 7) is 9.00. The van der Waals surface area contributed by atoms with Crippen molar-refractivity contribution >= 4 is 5.91 Å². The first-order chi connectivity index (χ1) is 9.61. The van der Waals surface area contributed by atoms with Gasteiger partial charge in [0.2, 0.25) is 0 Å². The number of rotatable bonds is 2. The van der Waals surface area contributed by atoms with Crippen molar-refractivity contribution in [3.05, 3.63) is 23.0 Å².